The van der Waals surface area contributed by atoms with Gasteiger partial charge in [-0.05, 0) is 6.42 Å². The Balaban J connectivity index is 2.04. The van der Waals surface area contributed by atoms with Gasteiger partial charge in [0.15, 0.2) is 5.17 Å². The molecule has 1 amide bonds. The van der Waals surface area contributed by atoms with Crippen LogP contribution in [0.1, 0.15) is 13.3 Å². The van der Waals surface area contributed by atoms with Gasteiger partial charge in [0.1, 0.15) is 0 Å². The van der Waals surface area contributed by atoms with Crippen molar-refractivity contribution in [1.29, 1.82) is 0 Å². The van der Waals surface area contributed by atoms with E-state index in [4.69, 9.17) is 0 Å². The van der Waals surface area contributed by atoms with Crippen LogP contribution in [0.5, 0.6) is 0 Å². The summed E-state index contributed by atoms with van der Waals surface area (Å²) < 4.78 is 0. The van der Waals surface area contributed by atoms with Crippen LogP contribution in [0.15, 0.2) is 4.99 Å². The molecular weight excluding hydrogens is 186 g/mol. The maximum absolute atomic E-state index is 10.5. The van der Waals surface area contributed by atoms with Gasteiger partial charge in [-0.15, -0.1) is 0 Å². The Labute approximate surface area is 82.6 Å². The van der Waals surface area contributed by atoms with Crippen LogP contribution < -0.4 is 10.6 Å². The highest BCUT2D eigenvalue weighted by molar-refractivity contribution is 8.13. The van der Waals surface area contributed by atoms with E-state index in [-0.39, 0.29) is 5.91 Å². The molecule has 0 fully saturated rings. The van der Waals surface area contributed by atoms with Crippen molar-refractivity contribution in [2.45, 2.75) is 13.3 Å². The van der Waals surface area contributed by atoms with E-state index in [1.54, 1.807) is 11.8 Å². The summed E-state index contributed by atoms with van der Waals surface area (Å²) >= 11 is 1.75. The molecule has 4 nitrogen and oxygen atoms in total. The average Bonchev–Trinajstić information content (AvgIpc) is 2.14. The summed E-state index contributed by atoms with van der Waals surface area (Å²) in [7, 11) is 0. The molecule has 0 atom stereocenters. The van der Waals surface area contributed by atoms with Crippen molar-refractivity contribution in [3.05, 3.63) is 0 Å². The van der Waals surface area contributed by atoms with Crippen molar-refractivity contribution in [2.24, 2.45) is 4.99 Å². The number of nitrogens with one attached hydrogen (secondary N) is 2. The van der Waals surface area contributed by atoms with Crippen LogP contribution in [-0.4, -0.2) is 36.5 Å². The molecule has 74 valence electrons. The normalized spacial score (nSPS) is 16.2. The fraction of sp³-hybridized carbons (Fsp3) is 0.750. The summed E-state index contributed by atoms with van der Waals surface area (Å²) in [5.41, 5.74) is 0. The van der Waals surface area contributed by atoms with Gasteiger partial charge in [-0.3, -0.25) is 9.79 Å². The average molecular weight is 201 g/mol. The number of hydrogen-bond donors (Lipinski definition) is 2. The van der Waals surface area contributed by atoms with Crippen molar-refractivity contribution < 1.29 is 4.79 Å². The minimum absolute atomic E-state index is 0.0139. The second kappa shape index (κ2) is 5.85. The van der Waals surface area contributed by atoms with E-state index in [2.05, 4.69) is 15.6 Å². The third-order valence-corrected chi connectivity index (χ3v) is 2.61. The van der Waals surface area contributed by atoms with E-state index < -0.39 is 0 Å². The van der Waals surface area contributed by atoms with Gasteiger partial charge in [0, 0.05) is 32.3 Å². The van der Waals surface area contributed by atoms with E-state index in [1.807, 2.05) is 0 Å². The quantitative estimate of drug-likeness (QED) is 0.642. The lowest BCUT2D eigenvalue weighted by molar-refractivity contribution is -0.118. The molecule has 0 spiro atoms. The van der Waals surface area contributed by atoms with Crippen LogP contribution in [0.3, 0.4) is 0 Å². The largest absolute Gasteiger partial charge is 0.363 e. The molecule has 1 aliphatic rings. The molecule has 0 bridgehead atoms. The number of amidine groups is 1. The minimum Gasteiger partial charge on any atom is -0.363 e. The Hall–Kier alpha value is -0.710. The SMILES string of the molecule is CC(=O)NCCNC1=NCCCS1. The summed E-state index contributed by atoms with van der Waals surface area (Å²) in [6.45, 7) is 3.86. The minimum atomic E-state index is 0.0139. The summed E-state index contributed by atoms with van der Waals surface area (Å²) in [6, 6.07) is 0. The Morgan fingerprint density at radius 2 is 2.46 bits per heavy atom. The third-order valence-electron chi connectivity index (χ3n) is 1.57. The number of hydrogen-bond acceptors (Lipinski definition) is 4. The van der Waals surface area contributed by atoms with Crippen LogP contribution in [0, 0.1) is 0 Å². The lowest BCUT2D eigenvalue weighted by atomic mass is 10.5. The topological polar surface area (TPSA) is 53.5 Å². The van der Waals surface area contributed by atoms with Crippen LogP contribution in [0.25, 0.3) is 0 Å². The number of carbonyl (C=O) groups excluding carboxylic acids is 1. The smallest absolute Gasteiger partial charge is 0.216 e. The molecule has 0 aromatic rings. The van der Waals surface area contributed by atoms with Crippen LogP contribution in [0.2, 0.25) is 0 Å². The van der Waals surface area contributed by atoms with Crippen molar-refractivity contribution in [3.8, 4) is 0 Å². The van der Waals surface area contributed by atoms with Crippen LogP contribution in [0.4, 0.5) is 0 Å². The first kappa shape index (κ1) is 10.4. The van der Waals surface area contributed by atoms with E-state index in [9.17, 15) is 4.79 Å². The molecule has 0 aromatic heterocycles. The molecular formula is C8H15N3OS. The van der Waals surface area contributed by atoms with Gasteiger partial charge in [0.05, 0.1) is 0 Å². The number of nitrogens with zero attached hydrogens (tertiary/aromatic N) is 1. The van der Waals surface area contributed by atoms with Gasteiger partial charge < -0.3 is 10.6 Å². The van der Waals surface area contributed by atoms with E-state index in [0.29, 0.717) is 6.54 Å². The van der Waals surface area contributed by atoms with E-state index >= 15 is 0 Å². The molecule has 0 radical (unpaired) electrons. The highest BCUT2D eigenvalue weighted by atomic mass is 32.2. The summed E-state index contributed by atoms with van der Waals surface area (Å²) in [6.07, 6.45) is 1.17. The standard InChI is InChI=1S/C8H15N3OS/c1-7(12)9-4-5-11-8-10-3-2-6-13-8/h2-6H2,1H3,(H,9,12)(H,10,11). The molecule has 1 aliphatic heterocycles. The van der Waals surface area contributed by atoms with Crippen LogP contribution in [-0.2, 0) is 4.79 Å². The van der Waals surface area contributed by atoms with E-state index in [0.717, 1.165) is 24.0 Å². The fourth-order valence-corrected chi connectivity index (χ4v) is 1.83. The van der Waals surface area contributed by atoms with Crippen molar-refractivity contribution in [1.82, 2.24) is 10.6 Å². The second-order valence-corrected chi connectivity index (χ2v) is 3.88. The highest BCUT2D eigenvalue weighted by Crippen LogP contribution is 2.09. The number of rotatable bonds is 3. The molecule has 0 aromatic carbocycles. The summed E-state index contributed by atoms with van der Waals surface area (Å²) in [5.74, 6) is 1.16. The molecule has 13 heavy (non-hydrogen) atoms. The predicted octanol–water partition coefficient (Wildman–Crippen LogP) is 0.205. The first-order valence-electron chi connectivity index (χ1n) is 4.44. The monoisotopic (exact) mass is 201 g/mol. The maximum atomic E-state index is 10.5. The Morgan fingerprint density at radius 3 is 3.08 bits per heavy atom. The lowest BCUT2D eigenvalue weighted by Gasteiger charge is -2.12. The van der Waals surface area contributed by atoms with Gasteiger partial charge in [0.2, 0.25) is 5.91 Å². The predicted molar refractivity (Wildman–Crippen MR) is 56.1 cm³/mol. The number of aliphatic imine (C=N–C) groups is 1. The van der Waals surface area contributed by atoms with E-state index in [1.165, 1.54) is 13.3 Å². The first-order valence-corrected chi connectivity index (χ1v) is 5.43. The molecule has 2 N–H and O–H groups in total. The van der Waals surface area contributed by atoms with Gasteiger partial charge in [-0.1, -0.05) is 11.8 Å². The van der Waals surface area contributed by atoms with Crippen molar-refractivity contribution >= 4 is 22.8 Å². The Bertz CT molecular complexity index is 206. The second-order valence-electron chi connectivity index (χ2n) is 2.80. The van der Waals surface area contributed by atoms with Gasteiger partial charge >= 0.3 is 0 Å². The number of thioether (sulfide) groups is 1. The molecule has 1 heterocycles. The van der Waals surface area contributed by atoms with Crippen LogP contribution >= 0.6 is 11.8 Å². The van der Waals surface area contributed by atoms with Crippen molar-refractivity contribution in [3.63, 3.8) is 0 Å². The first-order chi connectivity index (χ1) is 6.29. The number of amides is 1. The lowest BCUT2D eigenvalue weighted by Crippen LogP contribution is -2.33. The number of carbonyl (C=O) groups is 1. The Kier molecular flexibility index (Phi) is 4.67. The Morgan fingerprint density at radius 1 is 1.62 bits per heavy atom. The zero-order chi connectivity index (χ0) is 9.52. The summed E-state index contributed by atoms with van der Waals surface area (Å²) in [4.78, 5) is 14.8. The maximum Gasteiger partial charge on any atom is 0.216 e. The van der Waals surface area contributed by atoms with Gasteiger partial charge in [0.25, 0.3) is 0 Å². The highest BCUT2D eigenvalue weighted by Gasteiger charge is 2.03. The zero-order valence-electron chi connectivity index (χ0n) is 7.80. The molecule has 1 rings (SSSR count). The van der Waals surface area contributed by atoms with Gasteiger partial charge in [-0.25, -0.2) is 0 Å². The third kappa shape index (κ3) is 4.77. The molecule has 5 heteroatoms. The zero-order valence-corrected chi connectivity index (χ0v) is 8.62. The molecule has 0 saturated carbocycles. The molecule has 0 aliphatic carbocycles. The molecule has 0 saturated heterocycles. The molecule has 0 unspecified atom stereocenters. The fourth-order valence-electron chi connectivity index (χ4n) is 0.975. The summed E-state index contributed by atoms with van der Waals surface area (Å²) in [5, 5.41) is 6.91. The van der Waals surface area contributed by atoms with Gasteiger partial charge in [-0.2, -0.15) is 0 Å². The van der Waals surface area contributed by atoms with Crippen molar-refractivity contribution in [2.75, 3.05) is 25.4 Å².